The van der Waals surface area contributed by atoms with Crippen LogP contribution >= 0.6 is 0 Å². The molecule has 0 amide bonds. The molecule has 0 aliphatic heterocycles. The van der Waals surface area contributed by atoms with Crippen molar-refractivity contribution in [1.29, 1.82) is 0 Å². The fraction of sp³-hybridized carbons (Fsp3) is 0.500. The fourth-order valence-electron chi connectivity index (χ4n) is 1.47. The second kappa shape index (κ2) is 4.31. The summed E-state index contributed by atoms with van der Waals surface area (Å²) in [5, 5.41) is 0. The zero-order valence-electron chi connectivity index (χ0n) is 8.80. The van der Waals surface area contributed by atoms with Gasteiger partial charge >= 0.3 is 0 Å². The predicted octanol–water partition coefficient (Wildman–Crippen LogP) is 3.34. The van der Waals surface area contributed by atoms with Gasteiger partial charge in [-0.1, -0.05) is 32.9 Å². The lowest BCUT2D eigenvalue weighted by Crippen LogP contribution is -1.97. The van der Waals surface area contributed by atoms with E-state index in [1.165, 1.54) is 17.5 Å². The number of nitrogens with two attached hydrogens (primary N) is 1. The lowest BCUT2D eigenvalue weighted by Gasteiger charge is -2.11. The van der Waals surface area contributed by atoms with Crippen molar-refractivity contribution in [1.82, 2.24) is 0 Å². The van der Waals surface area contributed by atoms with E-state index in [1.54, 1.807) is 0 Å². The van der Waals surface area contributed by atoms with Crippen molar-refractivity contribution < 1.29 is 0 Å². The number of hydrogen-bond acceptors (Lipinski definition) is 1. The summed E-state index contributed by atoms with van der Waals surface area (Å²) in [6.07, 6.45) is 2.21. The van der Waals surface area contributed by atoms with Gasteiger partial charge in [-0.05, 0) is 36.0 Å². The minimum Gasteiger partial charge on any atom is -0.399 e. The minimum absolute atomic E-state index is 0.644. The van der Waals surface area contributed by atoms with Gasteiger partial charge in [0, 0.05) is 5.69 Å². The minimum atomic E-state index is 0.644. The first-order valence-corrected chi connectivity index (χ1v) is 5.07. The molecular formula is C12H19N. The Balaban J connectivity index is 2.99. The van der Waals surface area contributed by atoms with Crippen LogP contribution < -0.4 is 5.73 Å². The van der Waals surface area contributed by atoms with Crippen LogP contribution in [0.2, 0.25) is 0 Å². The zero-order valence-corrected chi connectivity index (χ0v) is 8.80. The summed E-state index contributed by atoms with van der Waals surface area (Å²) < 4.78 is 0. The Hall–Kier alpha value is -0.980. The molecule has 0 fully saturated rings. The van der Waals surface area contributed by atoms with Crippen molar-refractivity contribution in [3.63, 3.8) is 0 Å². The lowest BCUT2D eigenvalue weighted by molar-refractivity contribution is 0.732. The van der Waals surface area contributed by atoms with Gasteiger partial charge in [0.1, 0.15) is 0 Å². The van der Waals surface area contributed by atoms with E-state index in [1.807, 2.05) is 6.07 Å². The molecule has 0 radical (unpaired) electrons. The van der Waals surface area contributed by atoms with Crippen molar-refractivity contribution in [2.24, 2.45) is 0 Å². The number of anilines is 1. The van der Waals surface area contributed by atoms with E-state index in [0.29, 0.717) is 5.92 Å². The molecule has 2 N–H and O–H groups in total. The maximum Gasteiger partial charge on any atom is 0.0346 e. The third kappa shape index (κ3) is 2.24. The summed E-state index contributed by atoms with van der Waals surface area (Å²) in [4.78, 5) is 0. The second-order valence-corrected chi connectivity index (χ2v) is 3.62. The van der Waals surface area contributed by atoms with Gasteiger partial charge in [0.2, 0.25) is 0 Å². The van der Waals surface area contributed by atoms with Gasteiger partial charge in [-0.3, -0.25) is 0 Å². The molecule has 72 valence electrons. The van der Waals surface area contributed by atoms with Gasteiger partial charge in [0.05, 0.1) is 0 Å². The summed E-state index contributed by atoms with van der Waals surface area (Å²) in [5.41, 5.74) is 9.45. The average molecular weight is 177 g/mol. The Morgan fingerprint density at radius 1 is 1.31 bits per heavy atom. The molecule has 0 aromatic heterocycles. The Kier molecular flexibility index (Phi) is 3.35. The fourth-order valence-corrected chi connectivity index (χ4v) is 1.47. The number of rotatable bonds is 3. The molecule has 0 heterocycles. The highest BCUT2D eigenvalue weighted by molar-refractivity contribution is 5.49. The van der Waals surface area contributed by atoms with Crippen LogP contribution in [0.1, 0.15) is 44.2 Å². The van der Waals surface area contributed by atoms with E-state index in [-0.39, 0.29) is 0 Å². The Morgan fingerprint density at radius 3 is 2.54 bits per heavy atom. The van der Waals surface area contributed by atoms with E-state index < -0.39 is 0 Å². The highest BCUT2D eigenvalue weighted by Gasteiger charge is 2.04. The number of hydrogen-bond donors (Lipinski definition) is 1. The quantitative estimate of drug-likeness (QED) is 0.704. The van der Waals surface area contributed by atoms with E-state index in [4.69, 9.17) is 5.73 Å². The smallest absolute Gasteiger partial charge is 0.0346 e. The maximum absolute atomic E-state index is 5.84. The van der Waals surface area contributed by atoms with Crippen LogP contribution in [0.5, 0.6) is 0 Å². The van der Waals surface area contributed by atoms with Crippen molar-refractivity contribution in [2.75, 3.05) is 5.73 Å². The second-order valence-electron chi connectivity index (χ2n) is 3.62. The molecule has 1 unspecified atom stereocenters. The number of benzene rings is 1. The molecule has 0 bridgehead atoms. The molecule has 1 heteroatoms. The van der Waals surface area contributed by atoms with Crippen molar-refractivity contribution in [3.8, 4) is 0 Å². The van der Waals surface area contributed by atoms with Crippen LogP contribution in [0.25, 0.3) is 0 Å². The van der Waals surface area contributed by atoms with Crippen LogP contribution in [0.15, 0.2) is 18.2 Å². The van der Waals surface area contributed by atoms with Crippen molar-refractivity contribution in [2.45, 2.75) is 39.5 Å². The molecule has 1 aromatic carbocycles. The summed E-state index contributed by atoms with van der Waals surface area (Å²) in [7, 11) is 0. The first-order valence-electron chi connectivity index (χ1n) is 5.07. The molecule has 1 rings (SSSR count). The van der Waals surface area contributed by atoms with Crippen LogP contribution in [0, 0.1) is 0 Å². The van der Waals surface area contributed by atoms with Gasteiger partial charge in [-0.2, -0.15) is 0 Å². The monoisotopic (exact) mass is 177 g/mol. The van der Waals surface area contributed by atoms with Gasteiger partial charge in [0.25, 0.3) is 0 Å². The SMILES string of the molecule is CCc1cc(C(C)CC)ccc1N. The molecule has 0 saturated heterocycles. The molecule has 0 spiro atoms. The maximum atomic E-state index is 5.84. The van der Waals surface area contributed by atoms with Crippen molar-refractivity contribution >= 4 is 5.69 Å². The zero-order chi connectivity index (χ0) is 9.84. The molecule has 1 aromatic rings. The third-order valence-electron chi connectivity index (χ3n) is 2.73. The molecule has 0 saturated carbocycles. The third-order valence-corrected chi connectivity index (χ3v) is 2.73. The first kappa shape index (κ1) is 10.1. The van der Waals surface area contributed by atoms with Crippen LogP contribution in [0.3, 0.4) is 0 Å². The van der Waals surface area contributed by atoms with Crippen LogP contribution in [-0.4, -0.2) is 0 Å². The van der Waals surface area contributed by atoms with Crippen molar-refractivity contribution in [3.05, 3.63) is 29.3 Å². The highest BCUT2D eigenvalue weighted by Crippen LogP contribution is 2.23. The van der Waals surface area contributed by atoms with Gasteiger partial charge in [-0.25, -0.2) is 0 Å². The van der Waals surface area contributed by atoms with Gasteiger partial charge < -0.3 is 5.73 Å². The summed E-state index contributed by atoms with van der Waals surface area (Å²) in [5.74, 6) is 0.644. The normalized spacial score (nSPS) is 12.8. The summed E-state index contributed by atoms with van der Waals surface area (Å²) >= 11 is 0. The topological polar surface area (TPSA) is 26.0 Å². The number of aryl methyl sites for hydroxylation is 1. The molecule has 13 heavy (non-hydrogen) atoms. The number of nitrogen functional groups attached to an aromatic ring is 1. The molecule has 0 aliphatic rings. The van der Waals surface area contributed by atoms with Gasteiger partial charge in [-0.15, -0.1) is 0 Å². The summed E-state index contributed by atoms with van der Waals surface area (Å²) in [6.45, 7) is 6.61. The Labute approximate surface area is 81.0 Å². The van der Waals surface area contributed by atoms with E-state index in [9.17, 15) is 0 Å². The summed E-state index contributed by atoms with van der Waals surface area (Å²) in [6, 6.07) is 6.41. The van der Waals surface area contributed by atoms with Crippen LogP contribution in [0.4, 0.5) is 5.69 Å². The van der Waals surface area contributed by atoms with E-state index in [2.05, 4.69) is 32.9 Å². The van der Waals surface area contributed by atoms with E-state index >= 15 is 0 Å². The molecule has 0 aliphatic carbocycles. The predicted molar refractivity (Wildman–Crippen MR) is 58.9 cm³/mol. The Bertz CT molecular complexity index is 278. The largest absolute Gasteiger partial charge is 0.399 e. The molecule has 1 atom stereocenters. The first-order chi connectivity index (χ1) is 6.19. The standard InChI is InChI=1S/C12H19N/c1-4-9(3)11-6-7-12(13)10(5-2)8-11/h6-9H,4-5,13H2,1-3H3. The molecule has 1 nitrogen and oxygen atoms in total. The average Bonchev–Trinajstić information content (AvgIpc) is 2.17. The highest BCUT2D eigenvalue weighted by atomic mass is 14.6. The van der Waals surface area contributed by atoms with Gasteiger partial charge in [0.15, 0.2) is 0 Å². The lowest BCUT2D eigenvalue weighted by atomic mass is 9.95. The van der Waals surface area contributed by atoms with Crippen LogP contribution in [-0.2, 0) is 6.42 Å². The molecular weight excluding hydrogens is 158 g/mol. The Morgan fingerprint density at radius 2 is 2.00 bits per heavy atom. The van der Waals surface area contributed by atoms with E-state index in [0.717, 1.165) is 12.1 Å².